The highest BCUT2D eigenvalue weighted by molar-refractivity contribution is 5.81. The highest BCUT2D eigenvalue weighted by atomic mass is 15.4. The maximum absolute atomic E-state index is 4.28. The van der Waals surface area contributed by atoms with Crippen LogP contribution in [-0.4, -0.2) is 31.0 Å². The van der Waals surface area contributed by atoms with E-state index in [-0.39, 0.29) is 0 Å². The van der Waals surface area contributed by atoms with Crippen LogP contribution in [0.2, 0.25) is 0 Å². The van der Waals surface area contributed by atoms with Crippen molar-refractivity contribution in [1.29, 1.82) is 0 Å². The molecule has 2 aromatic heterocycles. The van der Waals surface area contributed by atoms with E-state index in [0.29, 0.717) is 6.04 Å². The highest BCUT2D eigenvalue weighted by Crippen LogP contribution is 2.31. The molecule has 0 aromatic carbocycles. The van der Waals surface area contributed by atoms with Crippen molar-refractivity contribution in [2.24, 2.45) is 5.92 Å². The van der Waals surface area contributed by atoms with Crippen LogP contribution in [0.3, 0.4) is 0 Å². The molecule has 3 rings (SSSR count). The van der Waals surface area contributed by atoms with Crippen LogP contribution in [0.15, 0.2) is 6.33 Å². The van der Waals surface area contributed by atoms with E-state index in [2.05, 4.69) is 39.4 Å². The van der Waals surface area contributed by atoms with E-state index in [1.165, 1.54) is 12.8 Å². The van der Waals surface area contributed by atoms with Crippen LogP contribution in [0, 0.1) is 5.92 Å². The summed E-state index contributed by atoms with van der Waals surface area (Å²) in [7, 11) is 0. The van der Waals surface area contributed by atoms with Crippen LogP contribution in [0.25, 0.3) is 11.2 Å². The van der Waals surface area contributed by atoms with E-state index in [9.17, 15) is 0 Å². The molecule has 0 radical (unpaired) electrons. The average Bonchev–Trinajstić information content (AvgIpc) is 2.99. The molecule has 0 spiro atoms. The van der Waals surface area contributed by atoms with Gasteiger partial charge in [0, 0.05) is 12.6 Å². The third kappa shape index (κ3) is 2.07. The summed E-state index contributed by atoms with van der Waals surface area (Å²) < 4.78 is 1.89. The molecule has 1 fully saturated rings. The third-order valence-electron chi connectivity index (χ3n) is 2.85. The first kappa shape index (κ1) is 10.4. The number of anilines is 1. The number of fused-ring (bicyclic) bond motifs is 1. The molecule has 1 N–H and O–H groups in total. The summed E-state index contributed by atoms with van der Waals surface area (Å²) in [5, 5.41) is 11.6. The van der Waals surface area contributed by atoms with Crippen molar-refractivity contribution in [1.82, 2.24) is 25.0 Å². The fourth-order valence-corrected chi connectivity index (χ4v) is 1.84. The molecule has 90 valence electrons. The van der Waals surface area contributed by atoms with Crippen LogP contribution in [0.4, 0.5) is 5.82 Å². The van der Waals surface area contributed by atoms with Gasteiger partial charge in [0.1, 0.15) is 6.33 Å². The quantitative estimate of drug-likeness (QED) is 0.864. The lowest BCUT2D eigenvalue weighted by atomic mass is 10.3. The molecule has 2 heterocycles. The first-order valence-corrected chi connectivity index (χ1v) is 6.05. The van der Waals surface area contributed by atoms with E-state index in [4.69, 9.17) is 0 Å². The summed E-state index contributed by atoms with van der Waals surface area (Å²) in [5.74, 6) is 1.53. The smallest absolute Gasteiger partial charge is 0.183 e. The zero-order chi connectivity index (χ0) is 11.8. The van der Waals surface area contributed by atoms with Crippen LogP contribution in [0.5, 0.6) is 0 Å². The monoisotopic (exact) mass is 232 g/mol. The number of nitrogens with one attached hydrogen (secondary N) is 1. The van der Waals surface area contributed by atoms with Crippen LogP contribution in [-0.2, 0) is 6.54 Å². The Morgan fingerprint density at radius 1 is 1.41 bits per heavy atom. The van der Waals surface area contributed by atoms with Crippen LogP contribution >= 0.6 is 0 Å². The summed E-state index contributed by atoms with van der Waals surface area (Å²) in [6.45, 7) is 5.07. The lowest BCUT2D eigenvalue weighted by Gasteiger charge is -2.08. The minimum absolute atomic E-state index is 0.321. The van der Waals surface area contributed by atoms with Gasteiger partial charge in [-0.05, 0) is 32.6 Å². The molecule has 1 saturated carbocycles. The normalized spacial score (nSPS) is 15.7. The van der Waals surface area contributed by atoms with E-state index in [1.807, 2.05) is 4.68 Å². The van der Waals surface area contributed by atoms with Crippen molar-refractivity contribution in [2.75, 3.05) is 5.32 Å². The molecule has 1 aliphatic carbocycles. The van der Waals surface area contributed by atoms with Crippen molar-refractivity contribution < 1.29 is 0 Å². The fourth-order valence-electron chi connectivity index (χ4n) is 1.84. The highest BCUT2D eigenvalue weighted by Gasteiger charge is 2.24. The number of aromatic nitrogens is 5. The van der Waals surface area contributed by atoms with Crippen molar-refractivity contribution in [2.45, 2.75) is 39.3 Å². The van der Waals surface area contributed by atoms with Gasteiger partial charge in [0.2, 0.25) is 0 Å². The second-order valence-corrected chi connectivity index (χ2v) is 4.91. The molecule has 0 saturated heterocycles. The minimum atomic E-state index is 0.321. The average molecular weight is 232 g/mol. The molecule has 6 heteroatoms. The summed E-state index contributed by atoms with van der Waals surface area (Å²) in [5.41, 5.74) is 1.59. The predicted molar refractivity (Wildman–Crippen MR) is 64.6 cm³/mol. The standard InChI is InChI=1S/C11H16N6/c1-7(2)14-10-9-11(13-6-12-10)17(16-15-9)5-8-3-4-8/h6-8H,3-5H2,1-2H3,(H,12,13,14). The van der Waals surface area contributed by atoms with Gasteiger partial charge in [-0.25, -0.2) is 14.6 Å². The van der Waals surface area contributed by atoms with Crippen LogP contribution < -0.4 is 5.32 Å². The van der Waals surface area contributed by atoms with Gasteiger partial charge in [0.05, 0.1) is 0 Å². The van der Waals surface area contributed by atoms with Gasteiger partial charge in [-0.1, -0.05) is 5.21 Å². The second kappa shape index (κ2) is 3.94. The largest absolute Gasteiger partial charge is 0.366 e. The lowest BCUT2D eigenvalue weighted by molar-refractivity contribution is 0.555. The fraction of sp³-hybridized carbons (Fsp3) is 0.636. The van der Waals surface area contributed by atoms with Gasteiger partial charge in [0.25, 0.3) is 0 Å². The number of hydrogen-bond acceptors (Lipinski definition) is 5. The van der Waals surface area contributed by atoms with Gasteiger partial charge in [-0.15, -0.1) is 5.10 Å². The summed E-state index contributed by atoms with van der Waals surface area (Å²) in [6.07, 6.45) is 4.16. The van der Waals surface area contributed by atoms with Gasteiger partial charge in [-0.2, -0.15) is 0 Å². The Morgan fingerprint density at radius 2 is 2.24 bits per heavy atom. The van der Waals surface area contributed by atoms with E-state index in [1.54, 1.807) is 6.33 Å². The predicted octanol–water partition coefficient (Wildman–Crippen LogP) is 1.45. The Kier molecular flexibility index (Phi) is 2.42. The Labute approximate surface area is 99.4 Å². The van der Waals surface area contributed by atoms with E-state index < -0.39 is 0 Å². The van der Waals surface area contributed by atoms with Crippen molar-refractivity contribution in [3.63, 3.8) is 0 Å². The number of nitrogens with zero attached hydrogens (tertiary/aromatic N) is 5. The number of hydrogen-bond donors (Lipinski definition) is 1. The molecular formula is C11H16N6. The van der Waals surface area contributed by atoms with Crippen molar-refractivity contribution in [3.8, 4) is 0 Å². The van der Waals surface area contributed by atoms with Gasteiger partial charge >= 0.3 is 0 Å². The Bertz CT molecular complexity index is 528. The SMILES string of the molecule is CC(C)Nc1ncnc2c1nnn2CC1CC1. The molecule has 6 nitrogen and oxygen atoms in total. The molecule has 17 heavy (non-hydrogen) atoms. The molecule has 0 unspecified atom stereocenters. The van der Waals surface area contributed by atoms with Crippen molar-refractivity contribution in [3.05, 3.63) is 6.33 Å². The summed E-state index contributed by atoms with van der Waals surface area (Å²) >= 11 is 0. The summed E-state index contributed by atoms with van der Waals surface area (Å²) in [6, 6.07) is 0.321. The number of rotatable bonds is 4. The van der Waals surface area contributed by atoms with Gasteiger partial charge < -0.3 is 5.32 Å². The Hall–Kier alpha value is -1.72. The molecule has 1 aliphatic rings. The van der Waals surface area contributed by atoms with Crippen molar-refractivity contribution >= 4 is 17.0 Å². The van der Waals surface area contributed by atoms with Gasteiger partial charge in [-0.3, -0.25) is 0 Å². The maximum Gasteiger partial charge on any atom is 0.183 e. The zero-order valence-electron chi connectivity index (χ0n) is 10.1. The Balaban J connectivity index is 1.98. The molecule has 0 aliphatic heterocycles. The second-order valence-electron chi connectivity index (χ2n) is 4.91. The first-order chi connectivity index (χ1) is 8.24. The van der Waals surface area contributed by atoms with Gasteiger partial charge in [0.15, 0.2) is 17.0 Å². The van der Waals surface area contributed by atoms with E-state index >= 15 is 0 Å². The molecule has 0 amide bonds. The topological polar surface area (TPSA) is 68.5 Å². The zero-order valence-corrected chi connectivity index (χ0v) is 10.1. The molecule has 2 aromatic rings. The Morgan fingerprint density at radius 3 is 2.94 bits per heavy atom. The summed E-state index contributed by atoms with van der Waals surface area (Å²) in [4.78, 5) is 8.49. The molecular weight excluding hydrogens is 216 g/mol. The first-order valence-electron chi connectivity index (χ1n) is 6.05. The molecule has 0 bridgehead atoms. The van der Waals surface area contributed by atoms with E-state index in [0.717, 1.165) is 29.4 Å². The maximum atomic E-state index is 4.28. The minimum Gasteiger partial charge on any atom is -0.366 e. The molecule has 0 atom stereocenters. The van der Waals surface area contributed by atoms with Crippen LogP contribution in [0.1, 0.15) is 26.7 Å². The lowest BCUT2D eigenvalue weighted by Crippen LogP contribution is -2.11. The third-order valence-corrected chi connectivity index (χ3v) is 2.85.